The molecule has 0 aromatic heterocycles. The summed E-state index contributed by atoms with van der Waals surface area (Å²) in [5, 5.41) is 0. The molecule has 5 nitrogen and oxygen atoms in total. The molecule has 7 heteroatoms. The van der Waals surface area contributed by atoms with Crippen LogP contribution < -0.4 is 0 Å². The first-order chi connectivity index (χ1) is 6.49. The van der Waals surface area contributed by atoms with Crippen molar-refractivity contribution in [2.75, 3.05) is 19.5 Å². The van der Waals surface area contributed by atoms with Gasteiger partial charge in [0, 0.05) is 0 Å². The van der Waals surface area contributed by atoms with E-state index in [0.29, 0.717) is 13.2 Å². The van der Waals surface area contributed by atoms with Gasteiger partial charge in [-0.1, -0.05) is 13.8 Å². The van der Waals surface area contributed by atoms with E-state index in [1.165, 1.54) is 0 Å². The molecule has 0 rings (SSSR count). The molecule has 0 unspecified atom stereocenters. The second-order valence-corrected chi connectivity index (χ2v) is 5.64. The summed E-state index contributed by atoms with van der Waals surface area (Å²) in [5.41, 5.74) is 0. The van der Waals surface area contributed by atoms with Crippen molar-refractivity contribution in [2.24, 2.45) is 0 Å². The Morgan fingerprint density at radius 3 is 1.79 bits per heavy atom. The van der Waals surface area contributed by atoms with Gasteiger partial charge in [0.2, 0.25) is 0 Å². The first-order valence-corrected chi connectivity index (χ1v) is 7.36. The molecular formula is C7H17O5PS. The SMILES string of the molecule is CCCOP(OCCC)OS(C)(=O)=O. The van der Waals surface area contributed by atoms with Crippen LogP contribution in [0.4, 0.5) is 0 Å². The van der Waals surface area contributed by atoms with Gasteiger partial charge in [-0.2, -0.15) is 12.4 Å². The Bertz CT molecular complexity index is 220. The van der Waals surface area contributed by atoms with Crippen molar-refractivity contribution in [1.82, 2.24) is 0 Å². The van der Waals surface area contributed by atoms with E-state index in [2.05, 4.69) is 3.97 Å². The fourth-order valence-corrected chi connectivity index (χ4v) is 2.49. The largest absolute Gasteiger partial charge is 0.348 e. The molecule has 0 atom stereocenters. The van der Waals surface area contributed by atoms with E-state index in [4.69, 9.17) is 9.05 Å². The molecule has 0 aliphatic heterocycles. The van der Waals surface area contributed by atoms with Gasteiger partial charge in [0.1, 0.15) is 0 Å². The molecule has 14 heavy (non-hydrogen) atoms. The van der Waals surface area contributed by atoms with Crippen LogP contribution in [0.15, 0.2) is 0 Å². The minimum atomic E-state index is -3.51. The average Bonchev–Trinajstić information content (AvgIpc) is 2.07. The Kier molecular flexibility index (Phi) is 7.68. The van der Waals surface area contributed by atoms with Gasteiger partial charge in [0.05, 0.1) is 19.5 Å². The van der Waals surface area contributed by atoms with Gasteiger partial charge in [-0.05, 0) is 12.8 Å². The molecule has 0 aliphatic carbocycles. The molecule has 86 valence electrons. The summed E-state index contributed by atoms with van der Waals surface area (Å²) in [4.78, 5) is 0. The predicted molar refractivity (Wildman–Crippen MR) is 55.3 cm³/mol. The third kappa shape index (κ3) is 8.84. The molecular weight excluding hydrogens is 227 g/mol. The average molecular weight is 244 g/mol. The quantitative estimate of drug-likeness (QED) is 0.611. The summed E-state index contributed by atoms with van der Waals surface area (Å²) >= 11 is 0. The Hall–Kier alpha value is 0.260. The molecule has 0 amide bonds. The first kappa shape index (κ1) is 14.3. The van der Waals surface area contributed by atoms with E-state index in [0.717, 1.165) is 19.1 Å². The first-order valence-electron chi connectivity index (χ1n) is 4.45. The van der Waals surface area contributed by atoms with E-state index in [9.17, 15) is 8.42 Å². The molecule has 0 fully saturated rings. The van der Waals surface area contributed by atoms with Crippen LogP contribution >= 0.6 is 8.60 Å². The van der Waals surface area contributed by atoms with Gasteiger partial charge in [0.15, 0.2) is 0 Å². The third-order valence-electron chi connectivity index (χ3n) is 0.998. The van der Waals surface area contributed by atoms with Crippen LogP contribution in [0.3, 0.4) is 0 Å². The van der Waals surface area contributed by atoms with Crippen LogP contribution in [0.5, 0.6) is 0 Å². The lowest BCUT2D eigenvalue weighted by Crippen LogP contribution is -2.03. The van der Waals surface area contributed by atoms with Crippen LogP contribution in [0.1, 0.15) is 26.7 Å². The predicted octanol–water partition coefficient (Wildman–Crippen LogP) is 2.04. The highest BCUT2D eigenvalue weighted by atomic mass is 32.2. The van der Waals surface area contributed by atoms with Gasteiger partial charge < -0.3 is 9.05 Å². The Morgan fingerprint density at radius 1 is 1.07 bits per heavy atom. The molecule has 0 bridgehead atoms. The van der Waals surface area contributed by atoms with Gasteiger partial charge >= 0.3 is 8.60 Å². The summed E-state index contributed by atoms with van der Waals surface area (Å²) in [5.74, 6) is 0. The van der Waals surface area contributed by atoms with E-state index >= 15 is 0 Å². The molecule has 0 saturated carbocycles. The van der Waals surface area contributed by atoms with Crippen molar-refractivity contribution in [2.45, 2.75) is 26.7 Å². The van der Waals surface area contributed by atoms with E-state index in [1.807, 2.05) is 13.8 Å². The van der Waals surface area contributed by atoms with E-state index in [1.54, 1.807) is 0 Å². The highest BCUT2D eigenvalue weighted by Gasteiger charge is 2.18. The van der Waals surface area contributed by atoms with Crippen molar-refractivity contribution in [3.8, 4) is 0 Å². The number of hydrogen-bond acceptors (Lipinski definition) is 5. The highest BCUT2D eigenvalue weighted by Crippen LogP contribution is 2.41. The zero-order chi connectivity index (χ0) is 11.0. The summed E-state index contributed by atoms with van der Waals surface area (Å²) in [6, 6.07) is 0. The fraction of sp³-hybridized carbons (Fsp3) is 1.00. The number of hydrogen-bond donors (Lipinski definition) is 0. The van der Waals surface area contributed by atoms with Crippen molar-refractivity contribution in [1.29, 1.82) is 0 Å². The zero-order valence-corrected chi connectivity index (χ0v) is 10.4. The van der Waals surface area contributed by atoms with Gasteiger partial charge in [-0.25, -0.2) is 0 Å². The molecule has 0 spiro atoms. The van der Waals surface area contributed by atoms with Crippen LogP contribution in [0.2, 0.25) is 0 Å². The lowest BCUT2D eigenvalue weighted by Gasteiger charge is -2.13. The Labute approximate surface area is 86.9 Å². The standard InChI is InChI=1S/C7H17O5PS/c1-4-6-10-13(11-7-5-2)12-14(3,8)9/h4-7H2,1-3H3. The van der Waals surface area contributed by atoms with Gasteiger partial charge in [0.25, 0.3) is 10.1 Å². The van der Waals surface area contributed by atoms with Gasteiger partial charge in [-0.3, -0.25) is 0 Å². The van der Waals surface area contributed by atoms with Crippen molar-refractivity contribution in [3.05, 3.63) is 0 Å². The molecule has 0 aromatic carbocycles. The minimum Gasteiger partial charge on any atom is -0.312 e. The Morgan fingerprint density at radius 2 is 1.50 bits per heavy atom. The lowest BCUT2D eigenvalue weighted by atomic mass is 10.5. The van der Waals surface area contributed by atoms with Crippen molar-refractivity contribution >= 4 is 18.7 Å². The molecule has 0 radical (unpaired) electrons. The summed E-state index contributed by atoms with van der Waals surface area (Å²) in [6.07, 6.45) is 2.57. The maximum Gasteiger partial charge on any atom is 0.348 e. The molecule has 0 aliphatic rings. The van der Waals surface area contributed by atoms with Crippen molar-refractivity contribution < 1.29 is 21.4 Å². The maximum atomic E-state index is 10.8. The van der Waals surface area contributed by atoms with Crippen LogP contribution in [-0.2, 0) is 23.1 Å². The minimum absolute atomic E-state index is 0.435. The monoisotopic (exact) mass is 244 g/mol. The van der Waals surface area contributed by atoms with Crippen LogP contribution in [0.25, 0.3) is 0 Å². The normalized spacial score (nSPS) is 12.3. The molecule has 0 heterocycles. The van der Waals surface area contributed by atoms with Crippen molar-refractivity contribution in [3.63, 3.8) is 0 Å². The van der Waals surface area contributed by atoms with Crippen LogP contribution in [0, 0.1) is 0 Å². The van der Waals surface area contributed by atoms with E-state index in [-0.39, 0.29) is 0 Å². The highest BCUT2D eigenvalue weighted by molar-refractivity contribution is 7.89. The second-order valence-electron chi connectivity index (χ2n) is 2.67. The summed E-state index contributed by atoms with van der Waals surface area (Å²) in [6.45, 7) is 4.72. The summed E-state index contributed by atoms with van der Waals surface area (Å²) < 4.78 is 36.5. The molecule has 0 saturated heterocycles. The fourth-order valence-electron chi connectivity index (χ4n) is 0.522. The number of rotatable bonds is 8. The third-order valence-corrected chi connectivity index (χ3v) is 3.35. The maximum absolute atomic E-state index is 10.8. The Balaban J connectivity index is 3.96. The van der Waals surface area contributed by atoms with Gasteiger partial charge in [-0.15, -0.1) is 0 Å². The topological polar surface area (TPSA) is 61.8 Å². The second kappa shape index (κ2) is 7.54. The molecule has 0 N–H and O–H groups in total. The lowest BCUT2D eigenvalue weighted by molar-refractivity contribution is 0.207. The smallest absolute Gasteiger partial charge is 0.312 e. The summed E-state index contributed by atoms with van der Waals surface area (Å²) in [7, 11) is -5.25. The zero-order valence-electron chi connectivity index (χ0n) is 8.73. The van der Waals surface area contributed by atoms with E-state index < -0.39 is 18.7 Å². The molecule has 0 aromatic rings. The van der Waals surface area contributed by atoms with Crippen LogP contribution in [-0.4, -0.2) is 27.9 Å².